The first kappa shape index (κ1) is 48.5. The molecule has 0 aliphatic heterocycles. The molecule has 2 aromatic heterocycles. The maximum absolute atomic E-state index is 15.4. The number of rotatable bonds is 20. The second-order valence-corrected chi connectivity index (χ2v) is 25.4. The lowest BCUT2D eigenvalue weighted by Gasteiger charge is -2.21. The Hall–Kier alpha value is -7.16. The summed E-state index contributed by atoms with van der Waals surface area (Å²) in [7, 11) is -1.86. The molecule has 2 heterocycles. The molecule has 8 aromatic carbocycles. The van der Waals surface area contributed by atoms with E-state index < -0.39 is 13.9 Å². The highest BCUT2D eigenvalue weighted by atomic mass is 28.3. The molecular weight excluding hydrogens is 911 g/mol. The second kappa shape index (κ2) is 21.3. The normalized spacial score (nSPS) is 11.9. The molecule has 0 spiro atoms. The van der Waals surface area contributed by atoms with Gasteiger partial charge >= 0.3 is 0 Å². The molecule has 8 heteroatoms. The quantitative estimate of drug-likeness (QED) is 0.0611. The van der Waals surface area contributed by atoms with E-state index in [1.807, 2.05) is 30.3 Å². The minimum absolute atomic E-state index is 0.0707. The van der Waals surface area contributed by atoms with Crippen molar-refractivity contribution < 1.29 is 23.4 Å². The van der Waals surface area contributed by atoms with Crippen molar-refractivity contribution in [3.05, 3.63) is 181 Å². The number of halogens is 2. The highest BCUT2D eigenvalue weighted by Gasteiger charge is 2.24. The molecule has 0 radical (unpaired) electrons. The van der Waals surface area contributed by atoms with Crippen molar-refractivity contribution in [1.82, 2.24) is 9.13 Å². The molecule has 0 unspecified atom stereocenters. The fraction of sp³-hybridized carbons (Fsp3) is 0.250. The first-order valence-corrected chi connectivity index (χ1v) is 29.4. The minimum Gasteiger partial charge on any atom is -0.505 e. The lowest BCUT2D eigenvalue weighted by atomic mass is 9.96. The number of unbranched alkanes of at least 4 members (excludes halogenated alkanes) is 7. The summed E-state index contributed by atoms with van der Waals surface area (Å²) in [6.07, 6.45) is 10.5. The molecule has 1 N–H and O–H groups in total. The Morgan fingerprint density at radius 3 is 1.50 bits per heavy atom. The molecule has 0 amide bonds. The van der Waals surface area contributed by atoms with Gasteiger partial charge in [-0.3, -0.25) is 0 Å². The van der Waals surface area contributed by atoms with Gasteiger partial charge < -0.3 is 23.7 Å². The third-order valence-electron chi connectivity index (χ3n) is 14.2. The average molecular weight is 975 g/mol. The first-order chi connectivity index (χ1) is 35.1. The maximum atomic E-state index is 15.4. The Balaban J connectivity index is 0.897. The largest absolute Gasteiger partial charge is 0.505 e. The molecule has 0 saturated heterocycles. The van der Waals surface area contributed by atoms with E-state index in [1.54, 1.807) is 18.2 Å². The minimum atomic E-state index is -1.86. The summed E-state index contributed by atoms with van der Waals surface area (Å²) in [6, 6.07) is 53.7. The van der Waals surface area contributed by atoms with Crippen LogP contribution in [0.5, 0.6) is 17.2 Å². The summed E-state index contributed by atoms with van der Waals surface area (Å²) in [6.45, 7) is 9.98. The van der Waals surface area contributed by atoms with Gasteiger partial charge in [-0.25, -0.2) is 8.78 Å². The predicted octanol–water partition coefficient (Wildman–Crippen LogP) is 17.3. The fourth-order valence-corrected chi connectivity index (χ4v) is 11.6. The first-order valence-electron chi connectivity index (χ1n) is 25.9. The van der Waals surface area contributed by atoms with Crippen molar-refractivity contribution >= 4 is 56.9 Å². The highest BCUT2D eigenvalue weighted by Crippen LogP contribution is 2.44. The van der Waals surface area contributed by atoms with E-state index in [2.05, 4.69) is 133 Å². The van der Waals surface area contributed by atoms with Gasteiger partial charge in [-0.1, -0.05) is 149 Å². The van der Waals surface area contributed by atoms with Crippen LogP contribution in [-0.4, -0.2) is 35.5 Å². The Morgan fingerprint density at radius 1 is 0.472 bits per heavy atom. The van der Waals surface area contributed by atoms with Gasteiger partial charge in [-0.05, 0) is 122 Å². The zero-order chi connectivity index (χ0) is 49.8. The van der Waals surface area contributed by atoms with Crippen LogP contribution >= 0.6 is 0 Å². The van der Waals surface area contributed by atoms with Gasteiger partial charge in [0.2, 0.25) is 0 Å². The fourth-order valence-electron chi connectivity index (χ4n) is 10.5. The number of aromatic hydroxyl groups is 1. The van der Waals surface area contributed by atoms with Gasteiger partial charge in [-0.2, -0.15) is 0 Å². The van der Waals surface area contributed by atoms with Crippen molar-refractivity contribution in [2.24, 2.45) is 0 Å². The smallest absolute Gasteiger partial charge is 0.147 e. The molecular formula is C64H64F2N2O3Si. The molecule has 0 saturated carbocycles. The number of aryl methyl sites for hydroxylation is 1. The number of aromatic nitrogens is 2. The van der Waals surface area contributed by atoms with Crippen LogP contribution in [0.4, 0.5) is 8.78 Å². The van der Waals surface area contributed by atoms with Gasteiger partial charge in [0.15, 0.2) is 0 Å². The van der Waals surface area contributed by atoms with Crippen molar-refractivity contribution in [2.45, 2.75) is 90.8 Å². The van der Waals surface area contributed by atoms with E-state index in [4.69, 9.17) is 9.47 Å². The van der Waals surface area contributed by atoms with Gasteiger partial charge in [0.05, 0.1) is 49.0 Å². The molecule has 0 aliphatic carbocycles. The van der Waals surface area contributed by atoms with Crippen LogP contribution in [0.25, 0.3) is 77.2 Å². The van der Waals surface area contributed by atoms with Crippen LogP contribution in [0.2, 0.25) is 19.6 Å². The number of ether oxygens (including phenoxy) is 2. The van der Waals surface area contributed by atoms with Crippen molar-refractivity contribution in [1.29, 1.82) is 0 Å². The van der Waals surface area contributed by atoms with Crippen LogP contribution in [0.3, 0.4) is 0 Å². The molecule has 366 valence electrons. The number of hydrogen-bond acceptors (Lipinski definition) is 3. The van der Waals surface area contributed by atoms with E-state index in [0.29, 0.717) is 59.9 Å². The molecule has 10 aromatic rings. The number of hydrogen-bond donors (Lipinski definition) is 1. The average Bonchev–Trinajstić information content (AvgIpc) is 3.91. The summed E-state index contributed by atoms with van der Waals surface area (Å²) < 4.78 is 48.1. The third kappa shape index (κ3) is 10.0. The lowest BCUT2D eigenvalue weighted by Crippen LogP contribution is -2.37. The molecule has 5 nitrogen and oxygen atoms in total. The molecule has 0 fully saturated rings. The van der Waals surface area contributed by atoms with Gasteiger partial charge in [0.25, 0.3) is 0 Å². The molecule has 0 bridgehead atoms. The van der Waals surface area contributed by atoms with Crippen LogP contribution in [0, 0.1) is 11.6 Å². The van der Waals surface area contributed by atoms with Gasteiger partial charge in [0, 0.05) is 43.9 Å². The Bertz CT molecular complexity index is 3440. The van der Waals surface area contributed by atoms with Crippen molar-refractivity contribution in [2.75, 3.05) is 13.2 Å². The van der Waals surface area contributed by atoms with Gasteiger partial charge in [-0.15, -0.1) is 0 Å². The number of phenolic OH excluding ortho intramolecular Hbond substituents is 1. The van der Waals surface area contributed by atoms with Crippen molar-refractivity contribution in [3.63, 3.8) is 0 Å². The van der Waals surface area contributed by atoms with Crippen LogP contribution in [0.15, 0.2) is 164 Å². The molecule has 0 atom stereocenters. The number of para-hydroxylation sites is 4. The molecule has 10 rings (SSSR count). The lowest BCUT2D eigenvalue weighted by molar-refractivity contribution is 0.267. The maximum Gasteiger partial charge on any atom is 0.147 e. The highest BCUT2D eigenvalue weighted by molar-refractivity contribution is 6.88. The number of nitrogens with zero attached hydrogens (tertiary/aromatic N) is 2. The topological polar surface area (TPSA) is 48.6 Å². The standard InChI is InChI=1S/C64H64F2N2O3Si/c1-5-6-7-8-9-10-11-22-44-37-56(64(69)61(38-44)68-59-29-18-14-25-52(59)53-26-15-19-30-60(53)68)55-42-47(66)32-34-63(55)71-36-21-20-35-70-62-33-31-46(65)41-54(62)45-39-48(43-49(40-45)72(2,3)4)67-57-27-16-12-23-50(57)51-24-13-17-28-58(51)67/h12-19,23-34,37-43,69H,5-11,20-22,35-36H2,1-4H3. The van der Waals surface area contributed by atoms with E-state index in [9.17, 15) is 5.11 Å². The van der Waals surface area contributed by atoms with E-state index in [0.717, 1.165) is 68.9 Å². The SMILES string of the molecule is CCCCCCCCCc1cc(-c2cc(F)ccc2OCCCCOc2ccc(F)cc2-c2cc(-n3c4ccccc4c4ccccc43)cc([Si](C)(C)C)c2)c(O)c(-n2c3ccccc3c3ccccc32)c1. The van der Waals surface area contributed by atoms with E-state index in [-0.39, 0.29) is 11.6 Å². The van der Waals surface area contributed by atoms with E-state index in [1.165, 1.54) is 66.3 Å². The number of phenols is 1. The summed E-state index contributed by atoms with van der Waals surface area (Å²) in [5, 5.41) is 18.2. The second-order valence-electron chi connectivity index (χ2n) is 20.3. The Morgan fingerprint density at radius 2 is 0.958 bits per heavy atom. The summed E-state index contributed by atoms with van der Waals surface area (Å²) >= 11 is 0. The van der Waals surface area contributed by atoms with E-state index >= 15 is 8.78 Å². The number of benzene rings is 8. The molecule has 0 aliphatic rings. The monoisotopic (exact) mass is 974 g/mol. The summed E-state index contributed by atoms with van der Waals surface area (Å²) in [4.78, 5) is 0. The van der Waals surface area contributed by atoms with Crippen LogP contribution < -0.4 is 14.7 Å². The Kier molecular flexibility index (Phi) is 14.3. The zero-order valence-electron chi connectivity index (χ0n) is 42.0. The van der Waals surface area contributed by atoms with Crippen LogP contribution in [-0.2, 0) is 6.42 Å². The Labute approximate surface area is 423 Å². The third-order valence-corrected chi connectivity index (χ3v) is 16.2. The summed E-state index contributed by atoms with van der Waals surface area (Å²) in [5.41, 5.74) is 9.64. The predicted molar refractivity (Wildman–Crippen MR) is 299 cm³/mol. The van der Waals surface area contributed by atoms with Crippen molar-refractivity contribution in [3.8, 4) is 50.9 Å². The van der Waals surface area contributed by atoms with Crippen LogP contribution in [0.1, 0.15) is 70.3 Å². The summed E-state index contributed by atoms with van der Waals surface area (Å²) in [5.74, 6) is 0.449. The number of fused-ring (bicyclic) bond motifs is 6. The van der Waals surface area contributed by atoms with Gasteiger partial charge in [0.1, 0.15) is 28.9 Å². The molecule has 72 heavy (non-hydrogen) atoms. The zero-order valence-corrected chi connectivity index (χ0v) is 43.0.